The van der Waals surface area contributed by atoms with E-state index < -0.39 is 0 Å². The maximum Gasteiger partial charge on any atom is 0.170 e. The average Bonchev–Trinajstić information content (AvgIpc) is 2.74. The Labute approximate surface area is 94.3 Å². The number of hydrogen-bond donors (Lipinski definition) is 0. The SMILES string of the molecule is O=C1c2ccccc2SCC12CCCC2. The van der Waals surface area contributed by atoms with Crippen molar-refractivity contribution in [1.29, 1.82) is 0 Å². The van der Waals surface area contributed by atoms with Gasteiger partial charge in [-0.1, -0.05) is 31.0 Å². The van der Waals surface area contributed by atoms with Crippen LogP contribution in [-0.2, 0) is 0 Å². The summed E-state index contributed by atoms with van der Waals surface area (Å²) in [6.07, 6.45) is 4.67. The van der Waals surface area contributed by atoms with Crippen molar-refractivity contribution in [1.82, 2.24) is 0 Å². The highest BCUT2D eigenvalue weighted by Gasteiger charge is 2.44. The third-order valence-corrected chi connectivity index (χ3v) is 5.04. The van der Waals surface area contributed by atoms with Gasteiger partial charge in [0.2, 0.25) is 0 Å². The van der Waals surface area contributed by atoms with Gasteiger partial charge in [-0.2, -0.15) is 0 Å². The highest BCUT2D eigenvalue weighted by molar-refractivity contribution is 7.99. The normalized spacial score (nSPS) is 23.1. The number of thioether (sulfide) groups is 1. The molecule has 15 heavy (non-hydrogen) atoms. The molecule has 1 nitrogen and oxygen atoms in total. The molecule has 2 heteroatoms. The minimum atomic E-state index is -0.000972. The maximum atomic E-state index is 12.4. The lowest BCUT2D eigenvalue weighted by Gasteiger charge is -2.32. The lowest BCUT2D eigenvalue weighted by molar-refractivity contribution is 0.0822. The molecular formula is C13H14OS. The summed E-state index contributed by atoms with van der Waals surface area (Å²) in [5, 5.41) is 0. The van der Waals surface area contributed by atoms with Crippen LogP contribution in [0.3, 0.4) is 0 Å². The molecule has 0 saturated heterocycles. The van der Waals surface area contributed by atoms with Crippen LogP contribution in [0.25, 0.3) is 0 Å². The fourth-order valence-corrected chi connectivity index (χ4v) is 4.11. The van der Waals surface area contributed by atoms with Crippen molar-refractivity contribution in [2.24, 2.45) is 5.41 Å². The zero-order valence-corrected chi connectivity index (χ0v) is 9.48. The quantitative estimate of drug-likeness (QED) is 0.662. The maximum absolute atomic E-state index is 12.4. The van der Waals surface area contributed by atoms with Gasteiger partial charge >= 0.3 is 0 Å². The second-order valence-corrected chi connectivity index (χ2v) is 5.62. The van der Waals surface area contributed by atoms with Gasteiger partial charge < -0.3 is 0 Å². The Balaban J connectivity index is 2.05. The van der Waals surface area contributed by atoms with Crippen LogP contribution in [0.1, 0.15) is 36.0 Å². The first-order chi connectivity index (χ1) is 7.32. The number of carbonyl (C=O) groups is 1. The first-order valence-corrected chi connectivity index (χ1v) is 6.57. The Morgan fingerprint density at radius 1 is 1.13 bits per heavy atom. The van der Waals surface area contributed by atoms with Gasteiger partial charge in [-0.3, -0.25) is 4.79 Å². The molecule has 1 aliphatic carbocycles. The molecular weight excluding hydrogens is 204 g/mol. The van der Waals surface area contributed by atoms with E-state index in [9.17, 15) is 4.79 Å². The van der Waals surface area contributed by atoms with E-state index in [4.69, 9.17) is 0 Å². The van der Waals surface area contributed by atoms with Gasteiger partial charge in [-0.15, -0.1) is 11.8 Å². The summed E-state index contributed by atoms with van der Waals surface area (Å²) in [6.45, 7) is 0. The summed E-state index contributed by atoms with van der Waals surface area (Å²) < 4.78 is 0. The number of fused-ring (bicyclic) bond motifs is 1. The summed E-state index contributed by atoms with van der Waals surface area (Å²) in [6, 6.07) is 8.06. The van der Waals surface area contributed by atoms with Gasteiger partial charge in [-0.25, -0.2) is 0 Å². The lowest BCUT2D eigenvalue weighted by atomic mass is 9.80. The molecule has 1 heterocycles. The Morgan fingerprint density at radius 3 is 2.67 bits per heavy atom. The molecule has 1 fully saturated rings. The molecule has 78 valence electrons. The molecule has 0 radical (unpaired) electrons. The molecule has 0 atom stereocenters. The smallest absolute Gasteiger partial charge is 0.170 e. The van der Waals surface area contributed by atoms with Gasteiger partial charge in [0.05, 0.1) is 0 Å². The van der Waals surface area contributed by atoms with E-state index in [1.165, 1.54) is 17.7 Å². The molecule has 1 aromatic carbocycles. The monoisotopic (exact) mass is 218 g/mol. The molecule has 2 aliphatic rings. The second-order valence-electron chi connectivity index (χ2n) is 4.60. The molecule has 1 spiro atoms. The number of carbonyl (C=O) groups excluding carboxylic acids is 1. The predicted octanol–water partition coefficient (Wildman–Crippen LogP) is 3.54. The topological polar surface area (TPSA) is 17.1 Å². The van der Waals surface area contributed by atoms with Crippen LogP contribution in [0, 0.1) is 5.41 Å². The molecule has 1 saturated carbocycles. The second kappa shape index (κ2) is 3.38. The molecule has 3 rings (SSSR count). The highest BCUT2D eigenvalue weighted by Crippen LogP contribution is 2.49. The summed E-state index contributed by atoms with van der Waals surface area (Å²) in [4.78, 5) is 13.6. The Hall–Kier alpha value is -0.760. The Kier molecular flexibility index (Phi) is 2.13. The van der Waals surface area contributed by atoms with Gasteiger partial charge in [-0.05, 0) is 18.9 Å². The standard InChI is InChI=1S/C13H14OS/c14-12-10-5-1-2-6-11(10)15-9-13(12)7-3-4-8-13/h1-2,5-6H,3-4,7-9H2. The van der Waals surface area contributed by atoms with E-state index in [-0.39, 0.29) is 5.41 Å². The third-order valence-electron chi connectivity index (χ3n) is 3.68. The van der Waals surface area contributed by atoms with Gasteiger partial charge in [0.15, 0.2) is 5.78 Å². The summed E-state index contributed by atoms with van der Waals surface area (Å²) in [7, 11) is 0. The first-order valence-electron chi connectivity index (χ1n) is 5.58. The van der Waals surface area contributed by atoms with Gasteiger partial charge in [0.1, 0.15) is 0 Å². The fraction of sp³-hybridized carbons (Fsp3) is 0.462. The largest absolute Gasteiger partial charge is 0.293 e. The number of benzene rings is 1. The van der Waals surface area contributed by atoms with Crippen molar-refractivity contribution < 1.29 is 4.79 Å². The van der Waals surface area contributed by atoms with E-state index in [0.29, 0.717) is 5.78 Å². The number of ketones is 1. The lowest BCUT2D eigenvalue weighted by Crippen LogP contribution is -2.34. The molecule has 0 unspecified atom stereocenters. The van der Waals surface area contributed by atoms with E-state index in [1.54, 1.807) is 0 Å². The molecule has 1 aromatic rings. The Bertz CT molecular complexity index is 405. The van der Waals surface area contributed by atoms with Crippen LogP contribution in [-0.4, -0.2) is 11.5 Å². The van der Waals surface area contributed by atoms with Crippen LogP contribution in [0.2, 0.25) is 0 Å². The van der Waals surface area contributed by atoms with Crippen molar-refractivity contribution in [2.75, 3.05) is 5.75 Å². The van der Waals surface area contributed by atoms with Crippen molar-refractivity contribution >= 4 is 17.5 Å². The van der Waals surface area contributed by atoms with E-state index >= 15 is 0 Å². The van der Waals surface area contributed by atoms with Crippen molar-refractivity contribution in [3.05, 3.63) is 29.8 Å². The third kappa shape index (κ3) is 1.35. The average molecular weight is 218 g/mol. The molecule has 0 bridgehead atoms. The van der Waals surface area contributed by atoms with Crippen LogP contribution in [0.4, 0.5) is 0 Å². The van der Waals surface area contributed by atoms with Crippen LogP contribution in [0.15, 0.2) is 29.2 Å². The van der Waals surface area contributed by atoms with E-state index in [2.05, 4.69) is 6.07 Å². The molecule has 0 N–H and O–H groups in total. The zero-order chi connectivity index (χ0) is 10.3. The summed E-state index contributed by atoms with van der Waals surface area (Å²) >= 11 is 1.87. The van der Waals surface area contributed by atoms with Crippen LogP contribution >= 0.6 is 11.8 Å². The van der Waals surface area contributed by atoms with Gasteiger partial charge in [0.25, 0.3) is 0 Å². The molecule has 1 aliphatic heterocycles. The number of rotatable bonds is 0. The minimum Gasteiger partial charge on any atom is -0.293 e. The van der Waals surface area contributed by atoms with Crippen LogP contribution < -0.4 is 0 Å². The zero-order valence-electron chi connectivity index (χ0n) is 8.66. The van der Waals surface area contributed by atoms with Gasteiger partial charge in [0, 0.05) is 21.6 Å². The highest BCUT2D eigenvalue weighted by atomic mass is 32.2. The number of hydrogen-bond acceptors (Lipinski definition) is 2. The summed E-state index contributed by atoms with van der Waals surface area (Å²) in [5.74, 6) is 1.41. The molecule has 0 aromatic heterocycles. The van der Waals surface area contributed by atoms with Crippen molar-refractivity contribution in [3.63, 3.8) is 0 Å². The molecule has 0 amide bonds. The Morgan fingerprint density at radius 2 is 1.87 bits per heavy atom. The first kappa shape index (κ1) is 9.46. The fourth-order valence-electron chi connectivity index (χ4n) is 2.77. The van der Waals surface area contributed by atoms with Crippen LogP contribution in [0.5, 0.6) is 0 Å². The summed E-state index contributed by atoms with van der Waals surface area (Å²) in [5.41, 5.74) is 0.967. The van der Waals surface area contributed by atoms with E-state index in [0.717, 1.165) is 24.2 Å². The number of Topliss-reactive ketones (excluding diaryl/α,β-unsaturated/α-hetero) is 1. The van der Waals surface area contributed by atoms with Crippen molar-refractivity contribution in [3.8, 4) is 0 Å². The minimum absolute atomic E-state index is 0.000972. The van der Waals surface area contributed by atoms with Crippen molar-refractivity contribution in [2.45, 2.75) is 30.6 Å². The van der Waals surface area contributed by atoms with E-state index in [1.807, 2.05) is 30.0 Å². The predicted molar refractivity (Wildman–Crippen MR) is 62.4 cm³/mol.